The van der Waals surface area contributed by atoms with Crippen LogP contribution in [0.3, 0.4) is 0 Å². The van der Waals surface area contributed by atoms with Crippen LogP contribution in [-0.4, -0.2) is 83.7 Å². The minimum atomic E-state index is -4.41. The fourth-order valence-electron chi connectivity index (χ4n) is 4.62. The van der Waals surface area contributed by atoms with Crippen LogP contribution < -0.4 is 20.7 Å². The summed E-state index contributed by atoms with van der Waals surface area (Å²) in [6.45, 7) is 0.780. The van der Waals surface area contributed by atoms with Gasteiger partial charge in [0, 0.05) is 40.5 Å². The first-order valence-electron chi connectivity index (χ1n) is 12.4. The molecule has 2 aromatic heterocycles. The summed E-state index contributed by atoms with van der Waals surface area (Å²) in [4.78, 5) is 18.2. The summed E-state index contributed by atoms with van der Waals surface area (Å²) in [6, 6.07) is 8.67. The first-order chi connectivity index (χ1) is 18.6. The summed E-state index contributed by atoms with van der Waals surface area (Å²) in [7, 11) is 8.83. The van der Waals surface area contributed by atoms with E-state index in [1.54, 1.807) is 18.2 Å². The number of rotatable bonds is 7. The van der Waals surface area contributed by atoms with Crippen molar-refractivity contribution in [3.05, 3.63) is 47.9 Å². The normalized spacial score (nSPS) is 17.8. The number of nitrogens with one attached hydrogen (secondary N) is 3. The van der Waals surface area contributed by atoms with E-state index < -0.39 is 12.7 Å². The largest absolute Gasteiger partial charge is 0.494 e. The van der Waals surface area contributed by atoms with Gasteiger partial charge in [-0.3, -0.25) is 4.79 Å². The van der Waals surface area contributed by atoms with Gasteiger partial charge in [0.15, 0.2) is 0 Å². The number of likely N-dealkylation sites (tertiary alicyclic amines) is 1. The highest BCUT2D eigenvalue weighted by molar-refractivity contribution is 6.12. The summed E-state index contributed by atoms with van der Waals surface area (Å²) in [6.07, 6.45) is -2.06. The Kier molecular flexibility index (Phi) is 8.72. The van der Waals surface area contributed by atoms with Crippen LogP contribution in [0.15, 0.2) is 36.5 Å². The Labute approximate surface area is 228 Å². The monoisotopic (exact) mass is 555 g/mol. The predicted molar refractivity (Wildman–Crippen MR) is 147 cm³/mol. The number of ether oxygens (including phenoxy) is 1. The van der Waals surface area contributed by atoms with E-state index in [4.69, 9.17) is 4.74 Å². The standard InChI is InChI=1S/C27H30F3N6O2Si/c1-31-26(37)21-13-24(38-3)22(14-33-21)32-10-5-6-17-12-18-19(34-20-9-11-35(2)15-25(20)39)7-4-8-23(18)36(17)16-27(28,29)30/h4,7-8,12-14,20,25,32,34H,9-11,15-16H2,1-3H3,(H,31,37)/t20-,25+/m1/s1. The van der Waals surface area contributed by atoms with Crippen LogP contribution >= 0.6 is 0 Å². The number of methoxy groups -OCH3 is 1. The molecule has 39 heavy (non-hydrogen) atoms. The number of carbonyl (C=O) groups excluding carboxylic acids is 1. The highest BCUT2D eigenvalue weighted by Crippen LogP contribution is 2.32. The van der Waals surface area contributed by atoms with Crippen LogP contribution in [0.25, 0.3) is 10.9 Å². The smallest absolute Gasteiger partial charge is 0.406 e. The number of benzene rings is 1. The number of amides is 1. The molecule has 0 spiro atoms. The van der Waals surface area contributed by atoms with Crippen LogP contribution in [0.5, 0.6) is 5.75 Å². The number of fused-ring (bicyclic) bond motifs is 1. The number of hydrogen-bond donors (Lipinski definition) is 3. The number of alkyl halides is 3. The lowest BCUT2D eigenvalue weighted by Crippen LogP contribution is -2.41. The van der Waals surface area contributed by atoms with E-state index in [1.807, 2.05) is 6.07 Å². The molecule has 1 saturated heterocycles. The van der Waals surface area contributed by atoms with Crippen LogP contribution in [0, 0.1) is 11.8 Å². The number of aromatic nitrogens is 2. The average molecular weight is 556 g/mol. The Morgan fingerprint density at radius 1 is 1.28 bits per heavy atom. The minimum Gasteiger partial charge on any atom is -0.494 e. The van der Waals surface area contributed by atoms with Gasteiger partial charge in [-0.25, -0.2) is 4.98 Å². The van der Waals surface area contributed by atoms with Crippen LogP contribution in [0.2, 0.25) is 5.54 Å². The van der Waals surface area contributed by atoms with Crippen molar-refractivity contribution in [1.29, 1.82) is 0 Å². The molecule has 0 aliphatic carbocycles. The van der Waals surface area contributed by atoms with Crippen molar-refractivity contribution >= 4 is 38.4 Å². The topological polar surface area (TPSA) is 83.5 Å². The Bertz CT molecular complexity index is 1400. The molecule has 3 aromatic rings. The van der Waals surface area contributed by atoms with Crippen molar-refractivity contribution in [3.63, 3.8) is 0 Å². The van der Waals surface area contributed by atoms with Crippen LogP contribution in [-0.2, 0) is 6.54 Å². The minimum absolute atomic E-state index is 0.122. The maximum Gasteiger partial charge on any atom is 0.406 e. The van der Waals surface area contributed by atoms with Gasteiger partial charge in [-0.05, 0) is 56.2 Å². The Morgan fingerprint density at radius 3 is 2.77 bits per heavy atom. The van der Waals surface area contributed by atoms with Gasteiger partial charge in [-0.15, -0.1) is 0 Å². The fourth-order valence-corrected chi connectivity index (χ4v) is 5.18. The van der Waals surface area contributed by atoms with Gasteiger partial charge in [-0.1, -0.05) is 12.0 Å². The molecule has 205 valence electrons. The summed E-state index contributed by atoms with van der Waals surface area (Å²) in [5.74, 6) is 5.84. The number of hydrogen-bond acceptors (Lipinski definition) is 6. The number of piperidine rings is 1. The molecule has 2 atom stereocenters. The van der Waals surface area contributed by atoms with Gasteiger partial charge in [0.25, 0.3) is 5.91 Å². The van der Waals surface area contributed by atoms with E-state index in [1.165, 1.54) is 31.0 Å². The molecule has 0 bridgehead atoms. The number of nitrogens with zero attached hydrogens (tertiary/aromatic N) is 3. The highest BCUT2D eigenvalue weighted by atomic mass is 28.1. The quantitative estimate of drug-likeness (QED) is 0.306. The van der Waals surface area contributed by atoms with E-state index in [0.717, 1.165) is 25.2 Å². The van der Waals surface area contributed by atoms with Gasteiger partial charge >= 0.3 is 6.18 Å². The molecule has 4 rings (SSSR count). The Morgan fingerprint density at radius 2 is 2.08 bits per heavy atom. The van der Waals surface area contributed by atoms with Gasteiger partial charge in [-0.2, -0.15) is 13.2 Å². The molecule has 1 amide bonds. The molecular weight excluding hydrogens is 525 g/mol. The molecule has 1 aromatic carbocycles. The molecule has 3 heterocycles. The van der Waals surface area contributed by atoms with Gasteiger partial charge in [0.2, 0.25) is 0 Å². The van der Waals surface area contributed by atoms with Crippen LogP contribution in [0.1, 0.15) is 22.6 Å². The Balaban J connectivity index is 1.59. The second-order valence-electron chi connectivity index (χ2n) is 9.38. The predicted octanol–water partition coefficient (Wildman–Crippen LogP) is 3.50. The lowest BCUT2D eigenvalue weighted by molar-refractivity contribution is -0.140. The molecule has 12 heteroatoms. The zero-order chi connectivity index (χ0) is 28.2. The number of pyridine rings is 1. The van der Waals surface area contributed by atoms with Gasteiger partial charge in [0.05, 0.1) is 36.7 Å². The maximum atomic E-state index is 13.5. The summed E-state index contributed by atoms with van der Waals surface area (Å²) in [5.41, 5.74) is 2.40. The van der Waals surface area contributed by atoms with Gasteiger partial charge < -0.3 is 30.2 Å². The number of halogens is 3. The molecule has 0 saturated carbocycles. The lowest BCUT2D eigenvalue weighted by Gasteiger charge is -2.35. The lowest BCUT2D eigenvalue weighted by atomic mass is 10.0. The number of anilines is 2. The number of carbonyl (C=O) groups is 1. The van der Waals surface area contributed by atoms with Crippen LogP contribution in [0.4, 0.5) is 24.5 Å². The van der Waals surface area contributed by atoms with E-state index in [-0.39, 0.29) is 35.4 Å². The zero-order valence-corrected chi connectivity index (χ0v) is 22.9. The van der Waals surface area contributed by atoms with Crippen molar-refractivity contribution < 1.29 is 22.7 Å². The van der Waals surface area contributed by atoms with Gasteiger partial charge in [0.1, 0.15) is 18.0 Å². The zero-order valence-electron chi connectivity index (χ0n) is 21.9. The van der Waals surface area contributed by atoms with Crippen molar-refractivity contribution in [3.8, 4) is 17.6 Å². The molecule has 1 fully saturated rings. The van der Waals surface area contributed by atoms with Crippen molar-refractivity contribution in [2.24, 2.45) is 0 Å². The molecule has 8 nitrogen and oxygen atoms in total. The highest BCUT2D eigenvalue weighted by Gasteiger charge is 2.30. The van der Waals surface area contributed by atoms with E-state index in [0.29, 0.717) is 22.3 Å². The fraction of sp³-hybridized carbons (Fsp3) is 0.407. The van der Waals surface area contributed by atoms with Crippen molar-refractivity contribution in [1.82, 2.24) is 19.8 Å². The molecule has 3 radical (unpaired) electrons. The van der Waals surface area contributed by atoms with E-state index in [2.05, 4.69) is 55.0 Å². The van der Waals surface area contributed by atoms with E-state index in [9.17, 15) is 18.0 Å². The third-order valence-corrected chi connectivity index (χ3v) is 7.15. The SMILES string of the molecule is CNC(=O)c1cc(OC)c(NCC#Cc2cc3c(N[C@@H]4CCN(C)C[C@@H]4[Si])cccc3n2CC(F)(F)F)cn1. The average Bonchev–Trinajstić information content (AvgIpc) is 3.24. The summed E-state index contributed by atoms with van der Waals surface area (Å²) >= 11 is 0. The first kappa shape index (κ1) is 28.3. The summed E-state index contributed by atoms with van der Waals surface area (Å²) in [5, 5.41) is 9.77. The maximum absolute atomic E-state index is 13.5. The summed E-state index contributed by atoms with van der Waals surface area (Å²) < 4.78 is 47.1. The third kappa shape index (κ3) is 6.85. The van der Waals surface area contributed by atoms with E-state index >= 15 is 0 Å². The molecule has 1 aliphatic rings. The Hall–Kier alpha value is -3.69. The van der Waals surface area contributed by atoms with Crippen molar-refractivity contribution in [2.45, 2.75) is 30.7 Å². The second kappa shape index (κ2) is 12.0. The molecule has 3 N–H and O–H groups in total. The molecule has 0 unspecified atom stereocenters. The van der Waals surface area contributed by atoms with Crippen molar-refractivity contribution in [2.75, 3.05) is 51.5 Å². The third-order valence-electron chi connectivity index (χ3n) is 6.57. The molecular formula is C27H30F3N6O2Si. The second-order valence-corrected chi connectivity index (χ2v) is 10.1. The first-order valence-corrected chi connectivity index (χ1v) is 13.0. The molecule has 1 aliphatic heterocycles.